The number of aromatic nitrogens is 1. The number of benzene rings is 1. The lowest BCUT2D eigenvalue weighted by Gasteiger charge is -2.08. The number of nitrogens with one attached hydrogen (secondary N) is 1. The molecule has 130 valence electrons. The predicted molar refractivity (Wildman–Crippen MR) is 87.7 cm³/mol. The van der Waals surface area contributed by atoms with Gasteiger partial charge in [-0.1, -0.05) is 23.5 Å². The zero-order valence-electron chi connectivity index (χ0n) is 13.1. The normalized spacial score (nSPS) is 10.8. The maximum Gasteiger partial charge on any atom is 0.387 e. The number of hydrogen-bond donors (Lipinski definition) is 1. The molecule has 1 N–H and O–H groups in total. The maximum absolute atomic E-state index is 12.0. The number of ether oxygens (including phenoxy) is 1. The summed E-state index contributed by atoms with van der Waals surface area (Å²) in [5, 5.41) is 4.54. The third kappa shape index (κ3) is 5.45. The first-order valence-electron chi connectivity index (χ1n) is 7.41. The highest BCUT2D eigenvalue weighted by Gasteiger charge is 2.07. The van der Waals surface area contributed by atoms with Gasteiger partial charge in [0.2, 0.25) is 5.91 Å². The summed E-state index contributed by atoms with van der Waals surface area (Å²) in [5.74, 6) is -0.0282. The Morgan fingerprint density at radius 2 is 2.04 bits per heavy atom. The summed E-state index contributed by atoms with van der Waals surface area (Å²) in [7, 11) is 0. The van der Waals surface area contributed by atoms with Gasteiger partial charge in [0.15, 0.2) is 0 Å². The number of rotatable bonds is 8. The minimum atomic E-state index is -2.84. The van der Waals surface area contributed by atoms with E-state index in [1.807, 2.05) is 6.92 Å². The van der Waals surface area contributed by atoms with Gasteiger partial charge in [-0.2, -0.15) is 8.78 Å². The molecule has 0 aliphatic heterocycles. The smallest absolute Gasteiger partial charge is 0.387 e. The first-order chi connectivity index (χ1) is 11.5. The Balaban J connectivity index is 1.71. The molecule has 2 aromatic rings. The average molecular weight is 356 g/mol. The van der Waals surface area contributed by atoms with Crippen LogP contribution in [0.3, 0.4) is 0 Å². The highest BCUT2D eigenvalue weighted by molar-refractivity contribution is 7.07. The van der Waals surface area contributed by atoms with E-state index in [0.717, 1.165) is 22.6 Å². The monoisotopic (exact) mass is 356 g/mol. The largest absolute Gasteiger partial charge is 0.435 e. The van der Waals surface area contributed by atoms with Crippen LogP contribution in [0.2, 0.25) is 0 Å². The summed E-state index contributed by atoms with van der Waals surface area (Å²) in [6.45, 7) is -0.211. The summed E-state index contributed by atoms with van der Waals surface area (Å²) in [5.41, 5.74) is 1.76. The first kappa shape index (κ1) is 18.1. The van der Waals surface area contributed by atoms with Crippen LogP contribution in [0.25, 0.3) is 0 Å². The van der Waals surface area contributed by atoms with Crippen LogP contribution >= 0.6 is 11.3 Å². The Bertz CT molecular complexity index is 726. The second kappa shape index (κ2) is 8.58. The molecule has 0 aliphatic rings. The molecule has 0 aliphatic carbocycles. The zero-order chi connectivity index (χ0) is 17.5. The van der Waals surface area contributed by atoms with Crippen molar-refractivity contribution in [3.05, 3.63) is 50.6 Å². The van der Waals surface area contributed by atoms with E-state index in [1.165, 1.54) is 12.1 Å². The molecule has 1 aromatic heterocycles. The fraction of sp³-hybridized carbons (Fsp3) is 0.375. The number of alkyl halides is 2. The molecule has 0 atom stereocenters. The molecule has 8 heteroatoms. The number of halogens is 2. The maximum atomic E-state index is 12.0. The summed E-state index contributed by atoms with van der Waals surface area (Å²) < 4.78 is 29.9. The van der Waals surface area contributed by atoms with E-state index in [9.17, 15) is 18.4 Å². The van der Waals surface area contributed by atoms with Crippen molar-refractivity contribution < 1.29 is 18.3 Å². The Labute approximate surface area is 141 Å². The van der Waals surface area contributed by atoms with Crippen LogP contribution in [0.1, 0.15) is 17.7 Å². The van der Waals surface area contributed by atoms with Crippen LogP contribution in [0.15, 0.2) is 34.4 Å². The Morgan fingerprint density at radius 1 is 1.33 bits per heavy atom. The van der Waals surface area contributed by atoms with E-state index in [4.69, 9.17) is 0 Å². The number of hydrogen-bond acceptors (Lipinski definition) is 4. The van der Waals surface area contributed by atoms with Gasteiger partial charge < -0.3 is 14.6 Å². The third-order valence-corrected chi connectivity index (χ3v) is 4.30. The van der Waals surface area contributed by atoms with Gasteiger partial charge in [-0.3, -0.25) is 9.59 Å². The molecule has 24 heavy (non-hydrogen) atoms. The lowest BCUT2D eigenvalue weighted by Crippen LogP contribution is -2.28. The molecule has 0 fully saturated rings. The van der Waals surface area contributed by atoms with Crippen molar-refractivity contribution in [2.24, 2.45) is 0 Å². The summed E-state index contributed by atoms with van der Waals surface area (Å²) in [6, 6.07) is 6.29. The lowest BCUT2D eigenvalue weighted by molar-refractivity contribution is -0.121. The van der Waals surface area contributed by atoms with E-state index in [2.05, 4.69) is 10.1 Å². The number of carbonyl (C=O) groups excluding carboxylic acids is 1. The van der Waals surface area contributed by atoms with Crippen molar-refractivity contribution in [3.63, 3.8) is 0 Å². The van der Waals surface area contributed by atoms with Crippen LogP contribution in [-0.2, 0) is 17.8 Å². The second-order valence-corrected chi connectivity index (χ2v) is 5.99. The van der Waals surface area contributed by atoms with Gasteiger partial charge in [0.25, 0.3) is 0 Å². The first-order valence-corrected chi connectivity index (χ1v) is 8.29. The zero-order valence-corrected chi connectivity index (χ0v) is 13.9. The second-order valence-electron chi connectivity index (χ2n) is 5.17. The molecular formula is C16H18F2N2O3S. The van der Waals surface area contributed by atoms with Crippen LogP contribution in [0.5, 0.6) is 5.75 Å². The van der Waals surface area contributed by atoms with Crippen LogP contribution in [-0.4, -0.2) is 23.6 Å². The van der Waals surface area contributed by atoms with Gasteiger partial charge in [-0.05, 0) is 31.0 Å². The molecule has 1 amide bonds. The van der Waals surface area contributed by atoms with Gasteiger partial charge >= 0.3 is 11.5 Å². The molecule has 2 rings (SSSR count). The van der Waals surface area contributed by atoms with Crippen molar-refractivity contribution in [3.8, 4) is 5.75 Å². The summed E-state index contributed by atoms with van der Waals surface area (Å²) >= 11 is 1.12. The predicted octanol–water partition coefficient (Wildman–Crippen LogP) is 2.57. The molecule has 0 unspecified atom stereocenters. The molecule has 0 spiro atoms. The quantitative estimate of drug-likeness (QED) is 0.791. The fourth-order valence-corrected chi connectivity index (χ4v) is 2.92. The number of amides is 1. The highest BCUT2D eigenvalue weighted by Crippen LogP contribution is 2.14. The van der Waals surface area contributed by atoms with E-state index in [0.29, 0.717) is 19.5 Å². The van der Waals surface area contributed by atoms with Gasteiger partial charge in [0.05, 0.1) is 0 Å². The van der Waals surface area contributed by atoms with Crippen molar-refractivity contribution >= 4 is 17.2 Å². The number of aryl methyl sites for hydroxylation is 1. The van der Waals surface area contributed by atoms with Crippen molar-refractivity contribution in [2.75, 3.05) is 6.54 Å². The fourth-order valence-electron chi connectivity index (χ4n) is 2.16. The van der Waals surface area contributed by atoms with Crippen LogP contribution in [0, 0.1) is 6.92 Å². The highest BCUT2D eigenvalue weighted by atomic mass is 32.1. The molecular weight excluding hydrogens is 338 g/mol. The number of nitrogens with zero attached hydrogens (tertiary/aromatic N) is 1. The lowest BCUT2D eigenvalue weighted by atomic mass is 10.1. The third-order valence-electron chi connectivity index (χ3n) is 3.42. The molecule has 1 heterocycles. The van der Waals surface area contributed by atoms with Crippen LogP contribution < -0.4 is 14.9 Å². The van der Waals surface area contributed by atoms with Gasteiger partial charge in [-0.25, -0.2) is 0 Å². The molecule has 0 radical (unpaired) electrons. The molecule has 1 aromatic carbocycles. The van der Waals surface area contributed by atoms with Crippen molar-refractivity contribution in [1.29, 1.82) is 0 Å². The Hall–Kier alpha value is -2.22. The number of thiazole rings is 1. The van der Waals surface area contributed by atoms with E-state index in [1.54, 1.807) is 22.1 Å². The SMILES string of the molecule is Cc1csc(=O)n1CCC(=O)NCCc1ccc(OC(F)F)cc1. The van der Waals surface area contributed by atoms with E-state index in [-0.39, 0.29) is 23.0 Å². The molecule has 0 bridgehead atoms. The number of carbonyl (C=O) groups is 1. The average Bonchev–Trinajstić information content (AvgIpc) is 2.85. The van der Waals surface area contributed by atoms with E-state index < -0.39 is 6.61 Å². The van der Waals surface area contributed by atoms with Crippen molar-refractivity contribution in [1.82, 2.24) is 9.88 Å². The van der Waals surface area contributed by atoms with Gasteiger partial charge in [0.1, 0.15) is 5.75 Å². The topological polar surface area (TPSA) is 60.3 Å². The van der Waals surface area contributed by atoms with Crippen molar-refractivity contribution in [2.45, 2.75) is 32.9 Å². The van der Waals surface area contributed by atoms with Gasteiger partial charge in [0, 0.05) is 30.6 Å². The summed E-state index contributed by atoms with van der Waals surface area (Å²) in [6.07, 6.45) is 0.816. The Kier molecular flexibility index (Phi) is 6.48. The standard InChI is InChI=1S/C16H18F2N2O3S/c1-11-10-24-16(22)20(11)9-7-14(21)19-8-6-12-2-4-13(5-3-12)23-15(17)18/h2-5,10,15H,6-9H2,1H3,(H,19,21). The van der Waals surface area contributed by atoms with E-state index >= 15 is 0 Å². The van der Waals surface area contributed by atoms with Crippen LogP contribution in [0.4, 0.5) is 8.78 Å². The molecule has 0 saturated carbocycles. The molecule has 0 saturated heterocycles. The minimum Gasteiger partial charge on any atom is -0.435 e. The van der Waals surface area contributed by atoms with Gasteiger partial charge in [-0.15, -0.1) is 0 Å². The minimum absolute atomic E-state index is 0.0635. The summed E-state index contributed by atoms with van der Waals surface area (Å²) in [4.78, 5) is 23.3. The Morgan fingerprint density at radius 3 is 2.62 bits per heavy atom. The molecule has 5 nitrogen and oxygen atoms in total.